The zero-order valence-electron chi connectivity index (χ0n) is 19.4. The number of amides is 1. The Balaban J connectivity index is 1.19. The van der Waals surface area contributed by atoms with Crippen LogP contribution in [0.3, 0.4) is 0 Å². The van der Waals surface area contributed by atoms with Gasteiger partial charge in [-0.15, -0.1) is 0 Å². The minimum Gasteiger partial charge on any atom is -0.364 e. The van der Waals surface area contributed by atoms with Crippen molar-refractivity contribution in [2.24, 2.45) is 0 Å². The fourth-order valence-electron chi connectivity index (χ4n) is 5.15. The number of pyridine rings is 1. The second kappa shape index (κ2) is 8.37. The van der Waals surface area contributed by atoms with E-state index in [4.69, 9.17) is 0 Å². The Labute approximate surface area is 200 Å². The van der Waals surface area contributed by atoms with Crippen LogP contribution in [-0.2, 0) is 13.0 Å². The number of benzene rings is 1. The Morgan fingerprint density at radius 2 is 2.03 bits per heavy atom. The molecule has 0 spiro atoms. The van der Waals surface area contributed by atoms with Crippen molar-refractivity contribution in [1.82, 2.24) is 25.2 Å². The summed E-state index contributed by atoms with van der Waals surface area (Å²) in [5.41, 5.74) is 1.88. The number of piperazine rings is 1. The van der Waals surface area contributed by atoms with E-state index in [-0.39, 0.29) is 40.8 Å². The zero-order chi connectivity index (χ0) is 24.3. The van der Waals surface area contributed by atoms with Crippen LogP contribution in [0.2, 0.25) is 0 Å². The van der Waals surface area contributed by atoms with Gasteiger partial charge in [-0.05, 0) is 50.8 Å². The van der Waals surface area contributed by atoms with Crippen LogP contribution in [0.25, 0.3) is 11.0 Å². The van der Waals surface area contributed by atoms with Crippen LogP contribution in [0.5, 0.6) is 0 Å². The number of halogens is 2. The number of rotatable bonds is 4. The molecule has 1 saturated carbocycles. The molecule has 182 valence electrons. The van der Waals surface area contributed by atoms with Crippen LogP contribution < -0.4 is 15.8 Å². The van der Waals surface area contributed by atoms with Gasteiger partial charge in [0.1, 0.15) is 22.4 Å². The standard InChI is InChI=1S/C25H26F2N6O2/c1-13-24(34)31-23-21(27)14(10-17(26)22(23)28-13)11-32-8-9-33-16(12-32)4-5-18-20(33)7-6-19(30-18)25(35)29-15-2-3-15/h6-7,10,15-16H,2-5,8-9,11-12H2,1H3,(H,29,35)(H,31,34). The number of aromatic amines is 1. The summed E-state index contributed by atoms with van der Waals surface area (Å²) in [5, 5.41) is 2.99. The third kappa shape index (κ3) is 4.05. The summed E-state index contributed by atoms with van der Waals surface area (Å²) in [6.07, 6.45) is 3.70. The van der Waals surface area contributed by atoms with Crippen molar-refractivity contribution >= 4 is 22.6 Å². The number of fused-ring (bicyclic) bond motifs is 4. The van der Waals surface area contributed by atoms with Crippen LogP contribution in [0.1, 0.15) is 46.7 Å². The molecule has 8 nitrogen and oxygen atoms in total. The van der Waals surface area contributed by atoms with Crippen molar-refractivity contribution < 1.29 is 13.6 Å². The second-order valence-corrected chi connectivity index (χ2v) is 9.74. The summed E-state index contributed by atoms with van der Waals surface area (Å²) in [7, 11) is 0. The molecule has 6 rings (SSSR count). The molecule has 0 radical (unpaired) electrons. The quantitative estimate of drug-likeness (QED) is 0.596. The normalized spacial score (nSPS) is 20.0. The molecular weight excluding hydrogens is 454 g/mol. The molecule has 1 atom stereocenters. The van der Waals surface area contributed by atoms with Gasteiger partial charge in [0.15, 0.2) is 11.6 Å². The van der Waals surface area contributed by atoms with Crippen molar-refractivity contribution in [2.45, 2.75) is 51.2 Å². The average Bonchev–Trinajstić information content (AvgIpc) is 3.67. The Morgan fingerprint density at radius 1 is 1.20 bits per heavy atom. The van der Waals surface area contributed by atoms with Gasteiger partial charge >= 0.3 is 0 Å². The highest BCUT2D eigenvalue weighted by Gasteiger charge is 2.33. The molecule has 1 saturated heterocycles. The Bertz CT molecular complexity index is 1400. The Morgan fingerprint density at radius 3 is 2.83 bits per heavy atom. The van der Waals surface area contributed by atoms with Crippen molar-refractivity contribution in [3.05, 3.63) is 62.8 Å². The van der Waals surface area contributed by atoms with Gasteiger partial charge < -0.3 is 15.2 Å². The number of aromatic nitrogens is 3. The second-order valence-electron chi connectivity index (χ2n) is 9.74. The van der Waals surface area contributed by atoms with E-state index < -0.39 is 17.2 Å². The molecule has 1 aliphatic carbocycles. The highest BCUT2D eigenvalue weighted by atomic mass is 19.1. The van der Waals surface area contributed by atoms with Gasteiger partial charge in [0.25, 0.3) is 11.5 Å². The summed E-state index contributed by atoms with van der Waals surface area (Å²) in [6.45, 7) is 3.80. The topological polar surface area (TPSA) is 94.2 Å². The average molecular weight is 481 g/mol. The molecule has 3 aliphatic rings. The summed E-state index contributed by atoms with van der Waals surface area (Å²) < 4.78 is 29.9. The number of aryl methyl sites for hydroxylation is 2. The predicted molar refractivity (Wildman–Crippen MR) is 126 cm³/mol. The number of hydrogen-bond acceptors (Lipinski definition) is 6. The van der Waals surface area contributed by atoms with Gasteiger partial charge in [-0.25, -0.2) is 18.7 Å². The van der Waals surface area contributed by atoms with Gasteiger partial charge in [-0.1, -0.05) is 0 Å². The lowest BCUT2D eigenvalue weighted by atomic mass is 9.96. The van der Waals surface area contributed by atoms with E-state index in [1.807, 2.05) is 6.07 Å². The molecule has 2 aliphatic heterocycles. The monoisotopic (exact) mass is 480 g/mol. The van der Waals surface area contributed by atoms with E-state index in [9.17, 15) is 14.0 Å². The number of carbonyl (C=O) groups excluding carboxylic acids is 1. The third-order valence-electron chi connectivity index (χ3n) is 7.19. The first-order valence-corrected chi connectivity index (χ1v) is 12.0. The van der Waals surface area contributed by atoms with Crippen LogP contribution in [0.4, 0.5) is 14.5 Å². The van der Waals surface area contributed by atoms with Gasteiger partial charge in [0, 0.05) is 43.8 Å². The van der Waals surface area contributed by atoms with E-state index in [2.05, 4.69) is 30.1 Å². The summed E-state index contributed by atoms with van der Waals surface area (Å²) in [6, 6.07) is 5.47. The highest BCUT2D eigenvalue weighted by molar-refractivity contribution is 5.93. The molecule has 2 fully saturated rings. The zero-order valence-corrected chi connectivity index (χ0v) is 19.4. The molecular formula is C25H26F2N6O2. The van der Waals surface area contributed by atoms with Crippen LogP contribution >= 0.6 is 0 Å². The maximum absolute atomic E-state index is 15.2. The maximum Gasteiger partial charge on any atom is 0.270 e. The van der Waals surface area contributed by atoms with Crippen molar-refractivity contribution in [1.29, 1.82) is 0 Å². The minimum absolute atomic E-state index is 0.0994. The molecule has 0 bridgehead atoms. The van der Waals surface area contributed by atoms with E-state index in [1.165, 1.54) is 13.0 Å². The third-order valence-corrected chi connectivity index (χ3v) is 7.19. The van der Waals surface area contributed by atoms with Gasteiger partial charge in [-0.2, -0.15) is 0 Å². The SMILES string of the molecule is Cc1nc2c(F)cc(CN3CCN4c5ccc(C(=O)NC6CC6)nc5CCC4C3)c(F)c2[nH]c1=O. The lowest BCUT2D eigenvalue weighted by Gasteiger charge is -2.45. The van der Waals surface area contributed by atoms with E-state index in [1.54, 1.807) is 6.07 Å². The molecule has 2 aromatic heterocycles. The first-order valence-electron chi connectivity index (χ1n) is 12.0. The minimum atomic E-state index is -0.645. The van der Waals surface area contributed by atoms with Gasteiger partial charge in [0.05, 0.1) is 11.4 Å². The lowest BCUT2D eigenvalue weighted by Crippen LogP contribution is -2.55. The number of hydrogen-bond donors (Lipinski definition) is 2. The van der Waals surface area contributed by atoms with Gasteiger partial charge in [0.2, 0.25) is 0 Å². The van der Waals surface area contributed by atoms with Crippen molar-refractivity contribution in [2.75, 3.05) is 24.5 Å². The first-order chi connectivity index (χ1) is 16.9. The van der Waals surface area contributed by atoms with E-state index >= 15 is 4.39 Å². The van der Waals surface area contributed by atoms with Crippen LogP contribution in [0.15, 0.2) is 23.0 Å². The molecule has 3 aromatic rings. The molecule has 1 unspecified atom stereocenters. The fraction of sp³-hybridized carbons (Fsp3) is 0.440. The molecule has 1 aromatic carbocycles. The van der Waals surface area contributed by atoms with Crippen molar-refractivity contribution in [3.63, 3.8) is 0 Å². The summed E-state index contributed by atoms with van der Waals surface area (Å²) in [4.78, 5) is 39.7. The molecule has 2 N–H and O–H groups in total. The predicted octanol–water partition coefficient (Wildman–Crippen LogP) is 2.43. The number of nitrogens with one attached hydrogen (secondary N) is 2. The summed E-state index contributed by atoms with van der Waals surface area (Å²) >= 11 is 0. The molecule has 35 heavy (non-hydrogen) atoms. The fourth-order valence-corrected chi connectivity index (χ4v) is 5.15. The first kappa shape index (κ1) is 22.1. The largest absolute Gasteiger partial charge is 0.364 e. The van der Waals surface area contributed by atoms with Gasteiger partial charge in [-0.3, -0.25) is 14.5 Å². The molecule has 4 heterocycles. The van der Waals surface area contributed by atoms with E-state index in [0.717, 1.165) is 43.6 Å². The summed E-state index contributed by atoms with van der Waals surface area (Å²) in [5.74, 6) is -1.39. The molecule has 10 heteroatoms. The van der Waals surface area contributed by atoms with Crippen LogP contribution in [0, 0.1) is 18.6 Å². The Kier molecular flexibility index (Phi) is 5.28. The van der Waals surface area contributed by atoms with E-state index in [0.29, 0.717) is 24.8 Å². The maximum atomic E-state index is 15.2. The highest BCUT2D eigenvalue weighted by Crippen LogP contribution is 2.33. The van der Waals surface area contributed by atoms with Crippen LogP contribution in [-0.4, -0.2) is 57.5 Å². The molecule has 1 amide bonds. The number of nitrogens with zero attached hydrogens (tertiary/aromatic N) is 4. The smallest absolute Gasteiger partial charge is 0.270 e. The number of anilines is 1. The number of carbonyl (C=O) groups is 1. The lowest BCUT2D eigenvalue weighted by molar-refractivity contribution is 0.0945. The Hall–Kier alpha value is -3.40. The van der Waals surface area contributed by atoms with Crippen molar-refractivity contribution in [3.8, 4) is 0 Å². The number of H-pyrrole nitrogens is 1.